The minimum atomic E-state index is -2.93. The van der Waals surface area contributed by atoms with Crippen LogP contribution in [0.25, 0.3) is 11.6 Å². The van der Waals surface area contributed by atoms with Gasteiger partial charge in [-0.2, -0.15) is 8.78 Å². The number of carbonyl (C=O) groups excluding carboxylic acids is 3. The summed E-state index contributed by atoms with van der Waals surface area (Å²) in [5, 5.41) is 2.49. The van der Waals surface area contributed by atoms with Crippen molar-refractivity contribution in [3.63, 3.8) is 0 Å². The van der Waals surface area contributed by atoms with Crippen molar-refractivity contribution in [2.75, 3.05) is 19.7 Å². The second-order valence-corrected chi connectivity index (χ2v) is 6.23. The summed E-state index contributed by atoms with van der Waals surface area (Å²) in [5.41, 5.74) is 1.25. The molecular weight excluding hydrogens is 398 g/mol. The average molecular weight is 416 g/mol. The van der Waals surface area contributed by atoms with Gasteiger partial charge in [-0.15, -0.1) is 0 Å². The van der Waals surface area contributed by atoms with Crippen LogP contribution in [-0.4, -0.2) is 49.1 Å². The molecule has 0 atom stereocenters. The van der Waals surface area contributed by atoms with Crippen molar-refractivity contribution >= 4 is 29.6 Å². The smallest absolute Gasteiger partial charge is 0.387 e. The summed E-state index contributed by atoms with van der Waals surface area (Å²) in [6.45, 7) is -2.96. The van der Waals surface area contributed by atoms with Gasteiger partial charge in [0.25, 0.3) is 5.91 Å². The van der Waals surface area contributed by atoms with Gasteiger partial charge in [0.1, 0.15) is 5.75 Å². The largest absolute Gasteiger partial charge is 0.452 e. The normalized spacial score (nSPS) is 13.9. The molecule has 0 bridgehead atoms. The zero-order valence-corrected chi connectivity index (χ0v) is 15.7. The molecule has 1 aliphatic heterocycles. The van der Waals surface area contributed by atoms with Crippen LogP contribution in [0.1, 0.15) is 11.1 Å². The van der Waals surface area contributed by atoms with E-state index in [0.717, 1.165) is 4.90 Å². The van der Waals surface area contributed by atoms with Crippen molar-refractivity contribution in [1.82, 2.24) is 10.2 Å². The molecule has 1 heterocycles. The van der Waals surface area contributed by atoms with Gasteiger partial charge < -0.3 is 14.8 Å². The third kappa shape index (κ3) is 5.40. The van der Waals surface area contributed by atoms with E-state index in [4.69, 9.17) is 4.74 Å². The number of amides is 3. The maximum Gasteiger partial charge on any atom is 0.387 e. The van der Waals surface area contributed by atoms with Crippen molar-refractivity contribution in [1.29, 1.82) is 0 Å². The van der Waals surface area contributed by atoms with E-state index < -0.39 is 31.1 Å². The summed E-state index contributed by atoms with van der Waals surface area (Å²) in [4.78, 5) is 37.3. The Bertz CT molecular complexity index is 946. The fourth-order valence-electron chi connectivity index (χ4n) is 2.78. The molecule has 1 saturated heterocycles. The van der Waals surface area contributed by atoms with E-state index in [1.165, 1.54) is 30.3 Å². The van der Waals surface area contributed by atoms with Gasteiger partial charge in [0.05, 0.1) is 5.57 Å². The molecule has 1 aliphatic rings. The number of nitrogens with zero attached hydrogens (tertiary/aromatic N) is 1. The van der Waals surface area contributed by atoms with Crippen molar-refractivity contribution in [2.45, 2.75) is 6.61 Å². The number of halogens is 2. The predicted molar refractivity (Wildman–Crippen MR) is 103 cm³/mol. The first-order chi connectivity index (χ1) is 14.4. The number of hydrogen-bond acceptors (Lipinski definition) is 5. The topological polar surface area (TPSA) is 84.9 Å². The molecule has 3 amide bonds. The first-order valence-corrected chi connectivity index (χ1v) is 9.01. The molecule has 0 saturated carbocycles. The molecule has 0 aliphatic carbocycles. The molecule has 156 valence electrons. The van der Waals surface area contributed by atoms with Gasteiger partial charge in [-0.1, -0.05) is 42.5 Å². The van der Waals surface area contributed by atoms with Crippen LogP contribution in [0.4, 0.5) is 13.6 Å². The molecule has 0 spiro atoms. The van der Waals surface area contributed by atoms with Crippen LogP contribution in [0.5, 0.6) is 5.75 Å². The third-order valence-corrected chi connectivity index (χ3v) is 4.21. The van der Waals surface area contributed by atoms with Gasteiger partial charge in [-0.05, 0) is 29.3 Å². The summed E-state index contributed by atoms with van der Waals surface area (Å²) in [5.74, 6) is -1.40. The van der Waals surface area contributed by atoms with E-state index in [2.05, 4.69) is 10.1 Å². The highest BCUT2D eigenvalue weighted by Crippen LogP contribution is 2.22. The molecule has 3 rings (SSSR count). The van der Waals surface area contributed by atoms with Crippen molar-refractivity contribution in [2.24, 2.45) is 0 Å². The number of rotatable bonds is 7. The van der Waals surface area contributed by atoms with E-state index >= 15 is 0 Å². The average Bonchev–Trinajstić information content (AvgIpc) is 3.17. The second-order valence-electron chi connectivity index (χ2n) is 6.23. The quantitative estimate of drug-likeness (QED) is 0.426. The highest BCUT2D eigenvalue weighted by Gasteiger charge is 2.27. The number of hydrogen-bond donors (Lipinski definition) is 1. The molecule has 2 aromatic rings. The van der Waals surface area contributed by atoms with Gasteiger partial charge in [0.2, 0.25) is 0 Å². The molecule has 30 heavy (non-hydrogen) atoms. The Balaban J connectivity index is 1.77. The summed E-state index contributed by atoms with van der Waals surface area (Å²) in [6, 6.07) is 13.8. The van der Waals surface area contributed by atoms with Crippen molar-refractivity contribution < 1.29 is 32.6 Å². The molecule has 0 unspecified atom stereocenters. The van der Waals surface area contributed by atoms with Crippen LogP contribution >= 0.6 is 0 Å². The number of imide groups is 1. The highest BCUT2D eigenvalue weighted by atomic mass is 19.3. The minimum Gasteiger partial charge on any atom is -0.452 e. The first-order valence-electron chi connectivity index (χ1n) is 9.01. The number of ether oxygens (including phenoxy) is 2. The van der Waals surface area contributed by atoms with Crippen LogP contribution in [-0.2, 0) is 14.3 Å². The molecular formula is C21H18F2N2O5. The predicted octanol–water partition coefficient (Wildman–Crippen LogP) is 2.92. The molecule has 1 fully saturated rings. The summed E-state index contributed by atoms with van der Waals surface area (Å²) >= 11 is 0. The Hall–Kier alpha value is -3.75. The second kappa shape index (κ2) is 9.64. The Morgan fingerprint density at radius 3 is 2.40 bits per heavy atom. The van der Waals surface area contributed by atoms with E-state index in [9.17, 15) is 23.2 Å². The van der Waals surface area contributed by atoms with Crippen LogP contribution < -0.4 is 10.1 Å². The van der Waals surface area contributed by atoms with E-state index in [1.807, 2.05) is 0 Å². The van der Waals surface area contributed by atoms with E-state index in [1.54, 1.807) is 30.3 Å². The Kier molecular flexibility index (Phi) is 6.74. The zero-order chi connectivity index (χ0) is 21.5. The van der Waals surface area contributed by atoms with Gasteiger partial charge in [-0.25, -0.2) is 9.59 Å². The van der Waals surface area contributed by atoms with E-state index in [-0.39, 0.29) is 17.9 Å². The maximum absolute atomic E-state index is 12.7. The standard InChI is InChI=1S/C21H18F2N2O5/c22-20(23)30-16-8-6-14(7-9-16)12-17(15-4-2-1-3-5-15)19(27)29-13-18(26)25-11-10-24-21(25)28/h1-9,12,20H,10-11,13H2,(H,24,28). The van der Waals surface area contributed by atoms with Gasteiger partial charge in [0.15, 0.2) is 6.61 Å². The van der Waals surface area contributed by atoms with Crippen LogP contribution in [0.3, 0.4) is 0 Å². The molecule has 9 heteroatoms. The minimum absolute atomic E-state index is 0.0134. The number of carbonyl (C=O) groups is 3. The molecule has 2 aromatic carbocycles. The number of nitrogens with one attached hydrogen (secondary N) is 1. The summed E-state index contributed by atoms with van der Waals surface area (Å²) < 4.78 is 34.0. The zero-order valence-electron chi connectivity index (χ0n) is 15.7. The highest BCUT2D eigenvalue weighted by molar-refractivity contribution is 6.21. The molecule has 7 nitrogen and oxygen atoms in total. The third-order valence-electron chi connectivity index (χ3n) is 4.21. The lowest BCUT2D eigenvalue weighted by atomic mass is 10.0. The van der Waals surface area contributed by atoms with Gasteiger partial charge in [-0.3, -0.25) is 9.69 Å². The fourth-order valence-corrected chi connectivity index (χ4v) is 2.78. The van der Waals surface area contributed by atoms with Gasteiger partial charge in [0, 0.05) is 13.1 Å². The van der Waals surface area contributed by atoms with Crippen molar-refractivity contribution in [3.05, 3.63) is 65.7 Å². The van der Waals surface area contributed by atoms with Gasteiger partial charge >= 0.3 is 18.6 Å². The summed E-state index contributed by atoms with van der Waals surface area (Å²) in [6.07, 6.45) is 1.51. The lowest BCUT2D eigenvalue weighted by molar-refractivity contribution is -0.145. The Morgan fingerprint density at radius 1 is 1.10 bits per heavy atom. The fraction of sp³-hybridized carbons (Fsp3) is 0.190. The Morgan fingerprint density at radius 2 is 1.80 bits per heavy atom. The molecule has 1 N–H and O–H groups in total. The monoisotopic (exact) mass is 416 g/mol. The number of alkyl halides is 2. The summed E-state index contributed by atoms with van der Waals surface area (Å²) in [7, 11) is 0. The maximum atomic E-state index is 12.7. The SMILES string of the molecule is O=C(OCC(=O)N1CCNC1=O)C(=Cc1ccc(OC(F)F)cc1)c1ccccc1. The lowest BCUT2D eigenvalue weighted by Crippen LogP contribution is -2.37. The number of esters is 1. The molecule has 0 aromatic heterocycles. The number of benzene rings is 2. The lowest BCUT2D eigenvalue weighted by Gasteiger charge is -2.13. The molecule has 0 radical (unpaired) electrons. The van der Waals surface area contributed by atoms with Crippen LogP contribution in [0.15, 0.2) is 54.6 Å². The van der Waals surface area contributed by atoms with Crippen LogP contribution in [0.2, 0.25) is 0 Å². The Labute approximate surface area is 170 Å². The van der Waals surface area contributed by atoms with E-state index in [0.29, 0.717) is 17.7 Å². The van der Waals surface area contributed by atoms with Crippen LogP contribution in [0, 0.1) is 0 Å². The number of urea groups is 1. The van der Waals surface area contributed by atoms with Crippen molar-refractivity contribution in [3.8, 4) is 5.75 Å². The first kappa shape index (κ1) is 21.0.